The van der Waals surface area contributed by atoms with E-state index in [1.54, 1.807) is 11.3 Å². The van der Waals surface area contributed by atoms with Gasteiger partial charge in [0.25, 0.3) is 5.91 Å². The molecule has 0 saturated heterocycles. The molecule has 4 rings (SSSR count). The molecule has 1 fully saturated rings. The van der Waals surface area contributed by atoms with Crippen LogP contribution in [0.1, 0.15) is 64.9 Å². The lowest BCUT2D eigenvalue weighted by atomic mass is 10.1. The van der Waals surface area contributed by atoms with Crippen LogP contribution in [-0.2, 0) is 19.5 Å². The Morgan fingerprint density at radius 2 is 2.23 bits per heavy atom. The van der Waals surface area contributed by atoms with Crippen LogP contribution in [0.2, 0.25) is 0 Å². The summed E-state index contributed by atoms with van der Waals surface area (Å²) < 4.78 is 2.18. The molecule has 5 nitrogen and oxygen atoms in total. The van der Waals surface area contributed by atoms with Crippen molar-refractivity contribution >= 4 is 17.2 Å². The predicted octanol–water partition coefficient (Wildman–Crippen LogP) is 2.87. The fourth-order valence-electron chi connectivity index (χ4n) is 3.14. The van der Waals surface area contributed by atoms with E-state index in [4.69, 9.17) is 0 Å². The largest absolute Gasteiger partial charge is 0.344 e. The molecule has 0 bridgehead atoms. The lowest BCUT2D eigenvalue weighted by molar-refractivity contribution is 0.0952. The van der Waals surface area contributed by atoms with E-state index in [0.29, 0.717) is 12.5 Å². The molecular formula is C16H20N4OS. The van der Waals surface area contributed by atoms with Crippen LogP contribution >= 0.6 is 11.3 Å². The third-order valence-electron chi connectivity index (χ3n) is 4.51. The minimum absolute atomic E-state index is 0.0304. The molecule has 1 aliphatic carbocycles. The van der Waals surface area contributed by atoms with E-state index in [1.165, 1.54) is 37.7 Å². The van der Waals surface area contributed by atoms with E-state index in [9.17, 15) is 4.79 Å². The van der Waals surface area contributed by atoms with Crippen molar-refractivity contribution in [1.29, 1.82) is 0 Å². The molecule has 22 heavy (non-hydrogen) atoms. The number of nitrogens with one attached hydrogen (secondary N) is 1. The average Bonchev–Trinajstić information content (AvgIpc) is 3.21. The third-order valence-corrected chi connectivity index (χ3v) is 5.44. The Hall–Kier alpha value is -1.69. The zero-order valence-electron chi connectivity index (χ0n) is 12.5. The first kappa shape index (κ1) is 13.9. The molecule has 116 valence electrons. The number of aryl methyl sites for hydroxylation is 1. The molecule has 0 radical (unpaired) electrons. The van der Waals surface area contributed by atoms with Gasteiger partial charge < -0.3 is 9.88 Å². The van der Waals surface area contributed by atoms with Crippen LogP contribution in [0.25, 0.3) is 0 Å². The van der Waals surface area contributed by atoms with E-state index in [2.05, 4.69) is 26.1 Å². The summed E-state index contributed by atoms with van der Waals surface area (Å²) in [4.78, 5) is 13.3. The Balaban J connectivity index is 1.45. The summed E-state index contributed by atoms with van der Waals surface area (Å²) in [6, 6.07) is 2.10. The molecule has 1 aliphatic heterocycles. The fraction of sp³-hybridized carbons (Fsp3) is 0.562. The second-order valence-electron chi connectivity index (χ2n) is 6.16. The van der Waals surface area contributed by atoms with Gasteiger partial charge in [-0.3, -0.25) is 4.79 Å². The number of rotatable bonds is 4. The first-order valence-electron chi connectivity index (χ1n) is 8.09. The third kappa shape index (κ3) is 2.67. The highest BCUT2D eigenvalue weighted by atomic mass is 32.1. The SMILES string of the molecule is O=C(NCc1nnc2n1CCCCC2)c1sccc1C1CC1. The molecule has 3 heterocycles. The number of hydrogen-bond acceptors (Lipinski definition) is 4. The molecule has 0 atom stereocenters. The van der Waals surface area contributed by atoms with Gasteiger partial charge in [0.1, 0.15) is 5.82 Å². The van der Waals surface area contributed by atoms with Gasteiger partial charge in [-0.1, -0.05) is 6.42 Å². The van der Waals surface area contributed by atoms with Gasteiger partial charge in [-0.15, -0.1) is 21.5 Å². The predicted molar refractivity (Wildman–Crippen MR) is 85.0 cm³/mol. The lowest BCUT2D eigenvalue weighted by Crippen LogP contribution is -2.25. The molecule has 2 aromatic rings. The van der Waals surface area contributed by atoms with E-state index in [0.717, 1.165) is 29.5 Å². The molecule has 0 spiro atoms. The maximum atomic E-state index is 12.4. The standard InChI is InChI=1S/C16H20N4OS/c21-16(15-12(7-9-22-15)11-5-6-11)17-10-14-19-18-13-4-2-1-3-8-20(13)14/h7,9,11H,1-6,8,10H2,(H,17,21). The highest BCUT2D eigenvalue weighted by molar-refractivity contribution is 7.12. The Morgan fingerprint density at radius 3 is 3.09 bits per heavy atom. The van der Waals surface area contributed by atoms with Gasteiger partial charge in [-0.25, -0.2) is 0 Å². The molecule has 1 N–H and O–H groups in total. The van der Waals surface area contributed by atoms with Crippen molar-refractivity contribution in [2.75, 3.05) is 0 Å². The summed E-state index contributed by atoms with van der Waals surface area (Å²) in [6.45, 7) is 1.44. The highest BCUT2D eigenvalue weighted by Gasteiger charge is 2.29. The monoisotopic (exact) mass is 316 g/mol. The Morgan fingerprint density at radius 1 is 1.32 bits per heavy atom. The molecule has 0 unspecified atom stereocenters. The van der Waals surface area contributed by atoms with Crippen LogP contribution in [0, 0.1) is 0 Å². The minimum Gasteiger partial charge on any atom is -0.344 e. The highest BCUT2D eigenvalue weighted by Crippen LogP contribution is 2.43. The first-order chi connectivity index (χ1) is 10.8. The number of aromatic nitrogens is 3. The van der Waals surface area contributed by atoms with Crippen LogP contribution in [0.4, 0.5) is 0 Å². The summed E-state index contributed by atoms with van der Waals surface area (Å²) in [7, 11) is 0. The topological polar surface area (TPSA) is 59.8 Å². The normalized spacial score (nSPS) is 17.8. The average molecular weight is 316 g/mol. The lowest BCUT2D eigenvalue weighted by Gasteiger charge is -2.08. The molecule has 2 aromatic heterocycles. The summed E-state index contributed by atoms with van der Waals surface area (Å²) in [5, 5.41) is 13.6. The van der Waals surface area contributed by atoms with Crippen molar-refractivity contribution in [3.8, 4) is 0 Å². The zero-order valence-corrected chi connectivity index (χ0v) is 13.4. The number of carbonyl (C=O) groups is 1. The Labute approximate surface area is 133 Å². The van der Waals surface area contributed by atoms with Gasteiger partial charge in [0.15, 0.2) is 5.82 Å². The van der Waals surface area contributed by atoms with Gasteiger partial charge in [0.05, 0.1) is 11.4 Å². The summed E-state index contributed by atoms with van der Waals surface area (Å²) in [5.41, 5.74) is 1.22. The second-order valence-corrected chi connectivity index (χ2v) is 7.07. The van der Waals surface area contributed by atoms with E-state index in [-0.39, 0.29) is 5.91 Å². The smallest absolute Gasteiger partial charge is 0.262 e. The van der Waals surface area contributed by atoms with Crippen molar-refractivity contribution < 1.29 is 4.79 Å². The number of carbonyl (C=O) groups excluding carboxylic acids is 1. The number of nitrogens with zero attached hydrogens (tertiary/aromatic N) is 3. The number of hydrogen-bond donors (Lipinski definition) is 1. The summed E-state index contributed by atoms with van der Waals surface area (Å²) in [6.07, 6.45) is 7.03. The molecule has 2 aliphatic rings. The van der Waals surface area contributed by atoms with Crippen molar-refractivity contribution in [3.05, 3.63) is 33.5 Å². The van der Waals surface area contributed by atoms with Crippen molar-refractivity contribution in [2.45, 2.75) is 57.5 Å². The number of thiophene rings is 1. The van der Waals surface area contributed by atoms with Crippen molar-refractivity contribution in [2.24, 2.45) is 0 Å². The summed E-state index contributed by atoms with van der Waals surface area (Å²) in [5.74, 6) is 2.59. The molecular weight excluding hydrogens is 296 g/mol. The van der Waals surface area contributed by atoms with E-state index >= 15 is 0 Å². The number of fused-ring (bicyclic) bond motifs is 1. The molecule has 0 aromatic carbocycles. The number of amides is 1. The summed E-state index contributed by atoms with van der Waals surface area (Å²) >= 11 is 1.54. The van der Waals surface area contributed by atoms with Crippen molar-refractivity contribution in [3.63, 3.8) is 0 Å². The van der Waals surface area contributed by atoms with Gasteiger partial charge in [0, 0.05) is 13.0 Å². The van der Waals surface area contributed by atoms with Crippen LogP contribution in [-0.4, -0.2) is 20.7 Å². The molecule has 1 amide bonds. The van der Waals surface area contributed by atoms with Crippen LogP contribution < -0.4 is 5.32 Å². The Bertz CT molecular complexity index is 686. The van der Waals surface area contributed by atoms with Gasteiger partial charge in [-0.05, 0) is 48.6 Å². The second kappa shape index (κ2) is 5.83. The van der Waals surface area contributed by atoms with Crippen LogP contribution in [0.5, 0.6) is 0 Å². The zero-order chi connectivity index (χ0) is 14.9. The molecule has 6 heteroatoms. The first-order valence-corrected chi connectivity index (χ1v) is 8.97. The van der Waals surface area contributed by atoms with Crippen LogP contribution in [0.15, 0.2) is 11.4 Å². The maximum absolute atomic E-state index is 12.4. The van der Waals surface area contributed by atoms with Crippen LogP contribution in [0.3, 0.4) is 0 Å². The van der Waals surface area contributed by atoms with Gasteiger partial charge in [-0.2, -0.15) is 0 Å². The van der Waals surface area contributed by atoms with Crippen molar-refractivity contribution in [1.82, 2.24) is 20.1 Å². The van der Waals surface area contributed by atoms with Gasteiger partial charge in [0.2, 0.25) is 0 Å². The van der Waals surface area contributed by atoms with E-state index in [1.807, 2.05) is 5.38 Å². The van der Waals surface area contributed by atoms with Gasteiger partial charge >= 0.3 is 0 Å². The minimum atomic E-state index is 0.0304. The van der Waals surface area contributed by atoms with E-state index < -0.39 is 0 Å². The quantitative estimate of drug-likeness (QED) is 0.943. The Kier molecular flexibility index (Phi) is 3.70. The molecule has 1 saturated carbocycles. The fourth-order valence-corrected chi connectivity index (χ4v) is 4.04. The maximum Gasteiger partial charge on any atom is 0.262 e.